The predicted molar refractivity (Wildman–Crippen MR) is 81.7 cm³/mol. The highest BCUT2D eigenvalue weighted by Gasteiger charge is 2.04. The molecule has 1 aromatic carbocycles. The zero-order chi connectivity index (χ0) is 13.4. The minimum atomic E-state index is 0.779. The highest BCUT2D eigenvalue weighted by Crippen LogP contribution is 2.20. The molecule has 0 spiro atoms. The third kappa shape index (κ3) is 1.82. The summed E-state index contributed by atoms with van der Waals surface area (Å²) in [5.74, 6) is 0. The molecular formula is C16H14N4. The molecule has 4 nitrogen and oxygen atoms in total. The van der Waals surface area contributed by atoms with E-state index in [4.69, 9.17) is 0 Å². The number of benzene rings is 1. The molecule has 0 bridgehead atoms. The number of fused-ring (bicyclic) bond motifs is 2. The SMILES string of the molecule is c1cnc2[nH]cc(CNc3ccc4[nH]ccc4c3)c2c1. The Morgan fingerprint density at radius 3 is 3.10 bits per heavy atom. The maximum Gasteiger partial charge on any atom is 0.137 e. The fourth-order valence-electron chi connectivity index (χ4n) is 2.52. The fraction of sp³-hybridized carbons (Fsp3) is 0.0625. The summed E-state index contributed by atoms with van der Waals surface area (Å²) < 4.78 is 0. The van der Waals surface area contributed by atoms with E-state index in [2.05, 4.69) is 50.6 Å². The molecule has 3 heterocycles. The summed E-state index contributed by atoms with van der Waals surface area (Å²) in [5.41, 5.74) is 4.44. The minimum Gasteiger partial charge on any atom is -0.381 e. The molecule has 0 fully saturated rings. The number of aromatic nitrogens is 3. The van der Waals surface area contributed by atoms with Crippen LogP contribution in [0.4, 0.5) is 5.69 Å². The molecule has 98 valence electrons. The second-order valence-corrected chi connectivity index (χ2v) is 4.85. The first-order valence-electron chi connectivity index (χ1n) is 6.62. The summed E-state index contributed by atoms with van der Waals surface area (Å²) in [7, 11) is 0. The van der Waals surface area contributed by atoms with Crippen LogP contribution in [0.3, 0.4) is 0 Å². The first-order valence-corrected chi connectivity index (χ1v) is 6.62. The standard InChI is InChI=1S/C16H14N4/c1-2-14-12(10-20-16(14)18-6-1)9-19-13-3-4-15-11(8-13)5-7-17-15/h1-8,10,17,19H,9H2,(H,18,20). The van der Waals surface area contributed by atoms with Gasteiger partial charge in [-0.1, -0.05) is 0 Å². The summed E-state index contributed by atoms with van der Waals surface area (Å²) in [6.45, 7) is 0.779. The molecule has 0 saturated carbocycles. The zero-order valence-electron chi connectivity index (χ0n) is 10.9. The molecule has 3 N–H and O–H groups in total. The Morgan fingerprint density at radius 1 is 1.10 bits per heavy atom. The van der Waals surface area contributed by atoms with Crippen molar-refractivity contribution < 1.29 is 0 Å². The third-order valence-electron chi connectivity index (χ3n) is 3.57. The first kappa shape index (κ1) is 11.1. The molecule has 20 heavy (non-hydrogen) atoms. The number of nitrogens with one attached hydrogen (secondary N) is 3. The fourth-order valence-corrected chi connectivity index (χ4v) is 2.52. The second-order valence-electron chi connectivity index (χ2n) is 4.85. The number of rotatable bonds is 3. The Bertz CT molecular complexity index is 872. The number of nitrogens with zero attached hydrogens (tertiary/aromatic N) is 1. The monoisotopic (exact) mass is 262 g/mol. The van der Waals surface area contributed by atoms with E-state index < -0.39 is 0 Å². The van der Waals surface area contributed by atoms with Crippen LogP contribution >= 0.6 is 0 Å². The highest BCUT2D eigenvalue weighted by molar-refractivity contribution is 5.83. The van der Waals surface area contributed by atoms with Gasteiger partial charge in [0, 0.05) is 47.1 Å². The predicted octanol–water partition coefficient (Wildman–Crippen LogP) is 3.66. The quantitative estimate of drug-likeness (QED) is 0.528. The van der Waals surface area contributed by atoms with Gasteiger partial charge in [0.05, 0.1) is 0 Å². The Morgan fingerprint density at radius 2 is 2.10 bits per heavy atom. The number of H-pyrrole nitrogens is 2. The van der Waals surface area contributed by atoms with E-state index >= 15 is 0 Å². The van der Waals surface area contributed by atoms with Crippen molar-refractivity contribution in [2.24, 2.45) is 0 Å². The first-order chi connectivity index (χ1) is 9.90. The summed E-state index contributed by atoms with van der Waals surface area (Å²) in [6, 6.07) is 12.5. The number of aromatic amines is 2. The van der Waals surface area contributed by atoms with E-state index in [-0.39, 0.29) is 0 Å². The van der Waals surface area contributed by atoms with Gasteiger partial charge in [0.1, 0.15) is 5.65 Å². The van der Waals surface area contributed by atoms with E-state index in [0.29, 0.717) is 0 Å². The molecule has 0 atom stereocenters. The molecule has 4 heteroatoms. The maximum absolute atomic E-state index is 4.30. The van der Waals surface area contributed by atoms with Gasteiger partial charge in [-0.2, -0.15) is 0 Å². The van der Waals surface area contributed by atoms with Crippen LogP contribution in [-0.2, 0) is 6.54 Å². The molecule has 0 radical (unpaired) electrons. The number of anilines is 1. The van der Waals surface area contributed by atoms with E-state index in [1.807, 2.05) is 18.5 Å². The summed E-state index contributed by atoms with van der Waals surface area (Å²) in [6.07, 6.45) is 5.77. The van der Waals surface area contributed by atoms with Gasteiger partial charge < -0.3 is 15.3 Å². The molecule has 0 aliphatic rings. The van der Waals surface area contributed by atoms with Gasteiger partial charge in [-0.15, -0.1) is 0 Å². The highest BCUT2D eigenvalue weighted by atomic mass is 14.9. The summed E-state index contributed by atoms with van der Waals surface area (Å²) >= 11 is 0. The van der Waals surface area contributed by atoms with Crippen molar-refractivity contribution in [1.82, 2.24) is 15.0 Å². The number of hydrogen-bond acceptors (Lipinski definition) is 2. The van der Waals surface area contributed by atoms with Crippen LogP contribution in [0.2, 0.25) is 0 Å². The van der Waals surface area contributed by atoms with Crippen molar-refractivity contribution >= 4 is 27.6 Å². The maximum atomic E-state index is 4.30. The van der Waals surface area contributed by atoms with Crippen LogP contribution in [0.15, 0.2) is 55.0 Å². The van der Waals surface area contributed by atoms with Gasteiger partial charge >= 0.3 is 0 Å². The number of pyridine rings is 1. The Labute approximate surface area is 115 Å². The molecule has 0 aliphatic heterocycles. The van der Waals surface area contributed by atoms with Crippen LogP contribution in [-0.4, -0.2) is 15.0 Å². The smallest absolute Gasteiger partial charge is 0.137 e. The van der Waals surface area contributed by atoms with Gasteiger partial charge in [0.25, 0.3) is 0 Å². The van der Waals surface area contributed by atoms with Crippen molar-refractivity contribution in [2.75, 3.05) is 5.32 Å². The average Bonchev–Trinajstić information content (AvgIpc) is 3.11. The second kappa shape index (κ2) is 4.42. The molecule has 3 aromatic heterocycles. The van der Waals surface area contributed by atoms with Crippen LogP contribution in [0.1, 0.15) is 5.56 Å². The van der Waals surface area contributed by atoms with Crippen molar-refractivity contribution in [3.8, 4) is 0 Å². The molecule has 4 rings (SSSR count). The van der Waals surface area contributed by atoms with Crippen LogP contribution < -0.4 is 5.32 Å². The normalized spacial score (nSPS) is 11.2. The zero-order valence-corrected chi connectivity index (χ0v) is 10.9. The average molecular weight is 262 g/mol. The van der Waals surface area contributed by atoms with E-state index in [9.17, 15) is 0 Å². The lowest BCUT2D eigenvalue weighted by atomic mass is 10.2. The third-order valence-corrected chi connectivity index (χ3v) is 3.57. The lowest BCUT2D eigenvalue weighted by Crippen LogP contribution is -1.98. The van der Waals surface area contributed by atoms with Gasteiger partial charge in [0.2, 0.25) is 0 Å². The molecule has 0 amide bonds. The van der Waals surface area contributed by atoms with Gasteiger partial charge in [-0.25, -0.2) is 4.98 Å². The topological polar surface area (TPSA) is 56.5 Å². The van der Waals surface area contributed by atoms with Gasteiger partial charge in [0.15, 0.2) is 0 Å². The largest absolute Gasteiger partial charge is 0.381 e. The van der Waals surface area contributed by atoms with Crippen molar-refractivity contribution in [1.29, 1.82) is 0 Å². The Hall–Kier alpha value is -2.75. The van der Waals surface area contributed by atoms with Crippen LogP contribution in [0.5, 0.6) is 0 Å². The molecular weight excluding hydrogens is 248 g/mol. The molecule has 4 aromatic rings. The molecule has 0 aliphatic carbocycles. The van der Waals surface area contributed by atoms with Crippen molar-refractivity contribution in [3.05, 3.63) is 60.6 Å². The van der Waals surface area contributed by atoms with E-state index in [0.717, 1.165) is 23.4 Å². The summed E-state index contributed by atoms with van der Waals surface area (Å²) in [4.78, 5) is 10.7. The Kier molecular flexibility index (Phi) is 2.45. The van der Waals surface area contributed by atoms with Crippen molar-refractivity contribution in [3.63, 3.8) is 0 Å². The van der Waals surface area contributed by atoms with Crippen molar-refractivity contribution in [2.45, 2.75) is 6.54 Å². The molecule has 0 unspecified atom stereocenters. The summed E-state index contributed by atoms with van der Waals surface area (Å²) in [5, 5.41) is 5.85. The molecule has 0 saturated heterocycles. The Balaban J connectivity index is 1.60. The lowest BCUT2D eigenvalue weighted by Gasteiger charge is -2.05. The van der Waals surface area contributed by atoms with Crippen LogP contribution in [0, 0.1) is 0 Å². The van der Waals surface area contributed by atoms with E-state index in [1.54, 1.807) is 6.20 Å². The minimum absolute atomic E-state index is 0.779. The lowest BCUT2D eigenvalue weighted by molar-refractivity contribution is 1.16. The van der Waals surface area contributed by atoms with E-state index in [1.165, 1.54) is 16.3 Å². The van der Waals surface area contributed by atoms with Gasteiger partial charge in [-0.05, 0) is 42.0 Å². The number of hydrogen-bond donors (Lipinski definition) is 3. The van der Waals surface area contributed by atoms with Gasteiger partial charge in [-0.3, -0.25) is 0 Å². The van der Waals surface area contributed by atoms with Crippen LogP contribution in [0.25, 0.3) is 21.9 Å².